The number of aliphatic hydroxyl groups is 2. The molecule has 8 heteroatoms. The SMILES string of the molecule is CCCC=C=CCC(=O)N(CCC(=O)NCCS)C(=O)[C@@H](O)C(C)(C)CO. The lowest BCUT2D eigenvalue weighted by molar-refractivity contribution is -0.156. The average Bonchev–Trinajstić information content (AvgIpc) is 2.65. The van der Waals surface area contributed by atoms with Gasteiger partial charge in [0.25, 0.3) is 5.91 Å². The van der Waals surface area contributed by atoms with Gasteiger partial charge >= 0.3 is 0 Å². The van der Waals surface area contributed by atoms with E-state index in [0.29, 0.717) is 12.3 Å². The molecule has 0 heterocycles. The Balaban J connectivity index is 5.19. The molecule has 0 spiro atoms. The van der Waals surface area contributed by atoms with Gasteiger partial charge in [0.15, 0.2) is 0 Å². The first-order chi connectivity index (χ1) is 12.7. The van der Waals surface area contributed by atoms with E-state index in [1.54, 1.807) is 6.08 Å². The van der Waals surface area contributed by atoms with Crippen LogP contribution >= 0.6 is 12.6 Å². The summed E-state index contributed by atoms with van der Waals surface area (Å²) in [7, 11) is 0. The van der Waals surface area contributed by atoms with Crippen LogP contribution in [-0.4, -0.2) is 64.4 Å². The van der Waals surface area contributed by atoms with E-state index in [4.69, 9.17) is 0 Å². The Kier molecular flexibility index (Phi) is 12.7. The minimum absolute atomic E-state index is 0.0729. The van der Waals surface area contributed by atoms with Crippen molar-refractivity contribution in [2.45, 2.75) is 52.6 Å². The molecule has 0 aliphatic heterocycles. The summed E-state index contributed by atoms with van der Waals surface area (Å²) in [6.45, 7) is 4.86. The van der Waals surface area contributed by atoms with Gasteiger partial charge in [-0.3, -0.25) is 19.3 Å². The highest BCUT2D eigenvalue weighted by Crippen LogP contribution is 2.22. The molecule has 0 aromatic rings. The van der Waals surface area contributed by atoms with Crippen LogP contribution in [0, 0.1) is 5.41 Å². The number of hydrogen-bond donors (Lipinski definition) is 4. The lowest BCUT2D eigenvalue weighted by Crippen LogP contribution is -2.50. The Bertz CT molecular complexity index is 556. The maximum Gasteiger partial charge on any atom is 0.258 e. The van der Waals surface area contributed by atoms with Crippen LogP contribution in [0.4, 0.5) is 0 Å². The van der Waals surface area contributed by atoms with Crippen molar-refractivity contribution in [3.63, 3.8) is 0 Å². The van der Waals surface area contributed by atoms with Crippen molar-refractivity contribution in [2.75, 3.05) is 25.4 Å². The number of hydrogen-bond acceptors (Lipinski definition) is 6. The highest BCUT2D eigenvalue weighted by atomic mass is 32.1. The topological polar surface area (TPSA) is 107 Å². The maximum absolute atomic E-state index is 12.6. The smallest absolute Gasteiger partial charge is 0.258 e. The lowest BCUT2D eigenvalue weighted by atomic mass is 9.86. The van der Waals surface area contributed by atoms with Crippen molar-refractivity contribution < 1.29 is 24.6 Å². The van der Waals surface area contributed by atoms with Crippen molar-refractivity contribution in [1.82, 2.24) is 10.2 Å². The molecule has 0 aromatic carbocycles. The minimum atomic E-state index is -1.56. The van der Waals surface area contributed by atoms with Gasteiger partial charge in [-0.2, -0.15) is 12.6 Å². The lowest BCUT2D eigenvalue weighted by Gasteiger charge is -2.31. The standard InChI is InChI=1S/C19H32N2O5S/c1-4-5-6-7-8-9-16(24)21(12-10-15(23)20-11-13-27)18(26)17(25)19(2,3)14-22/h6,8,17,22,25,27H,4-5,9-14H2,1-3H3,(H,20,23)/t7?,17-/m1/s1. The first-order valence-corrected chi connectivity index (χ1v) is 9.74. The fourth-order valence-corrected chi connectivity index (χ4v) is 2.10. The highest BCUT2D eigenvalue weighted by molar-refractivity contribution is 7.80. The second kappa shape index (κ2) is 13.6. The monoisotopic (exact) mass is 400 g/mol. The Morgan fingerprint density at radius 1 is 1.30 bits per heavy atom. The summed E-state index contributed by atoms with van der Waals surface area (Å²) in [5.41, 5.74) is 1.77. The summed E-state index contributed by atoms with van der Waals surface area (Å²) in [6, 6.07) is 0. The van der Waals surface area contributed by atoms with Gasteiger partial charge in [-0.05, 0) is 18.6 Å². The maximum atomic E-state index is 12.6. The number of aliphatic hydroxyl groups excluding tert-OH is 2. The van der Waals surface area contributed by atoms with E-state index in [0.717, 1.165) is 17.7 Å². The number of imide groups is 1. The summed E-state index contributed by atoms with van der Waals surface area (Å²) >= 11 is 4.00. The molecule has 3 amide bonds. The summed E-state index contributed by atoms with van der Waals surface area (Å²) < 4.78 is 0. The molecule has 3 N–H and O–H groups in total. The third-order valence-electron chi connectivity index (χ3n) is 3.89. The van der Waals surface area contributed by atoms with Gasteiger partial charge in [-0.1, -0.05) is 27.2 Å². The zero-order valence-electron chi connectivity index (χ0n) is 16.4. The van der Waals surface area contributed by atoms with E-state index in [-0.39, 0.29) is 25.3 Å². The molecule has 0 rings (SSSR count). The number of carbonyl (C=O) groups excluding carboxylic acids is 3. The molecule has 1 atom stereocenters. The highest BCUT2D eigenvalue weighted by Gasteiger charge is 2.37. The summed E-state index contributed by atoms with van der Waals surface area (Å²) in [6.07, 6.45) is 3.40. The van der Waals surface area contributed by atoms with Crippen LogP contribution in [0.15, 0.2) is 17.9 Å². The minimum Gasteiger partial charge on any atom is -0.396 e. The van der Waals surface area contributed by atoms with Gasteiger partial charge in [-0.25, -0.2) is 0 Å². The molecule has 0 radical (unpaired) electrons. The van der Waals surface area contributed by atoms with Crippen molar-refractivity contribution >= 4 is 30.4 Å². The normalized spacial score (nSPS) is 11.9. The molecule has 27 heavy (non-hydrogen) atoms. The quantitative estimate of drug-likeness (QED) is 0.289. The molecular weight excluding hydrogens is 368 g/mol. The number of carbonyl (C=O) groups is 3. The van der Waals surface area contributed by atoms with E-state index >= 15 is 0 Å². The van der Waals surface area contributed by atoms with Crippen molar-refractivity contribution in [3.05, 3.63) is 17.9 Å². The average molecular weight is 401 g/mol. The zero-order chi connectivity index (χ0) is 20.9. The Labute approximate surface area is 166 Å². The number of rotatable bonds is 12. The number of thiol groups is 1. The fraction of sp³-hybridized carbons (Fsp3) is 0.684. The summed E-state index contributed by atoms with van der Waals surface area (Å²) in [5.74, 6) is -1.20. The van der Waals surface area contributed by atoms with Crippen LogP contribution < -0.4 is 5.32 Å². The number of nitrogens with zero attached hydrogens (tertiary/aromatic N) is 1. The fourth-order valence-electron chi connectivity index (χ4n) is 1.99. The predicted molar refractivity (Wildman–Crippen MR) is 107 cm³/mol. The first-order valence-electron chi connectivity index (χ1n) is 9.11. The number of unbranched alkanes of at least 4 members (excludes halogenated alkanes) is 1. The molecule has 0 aliphatic carbocycles. The van der Waals surface area contributed by atoms with Gasteiger partial charge in [0, 0.05) is 30.7 Å². The molecule has 0 saturated heterocycles. The van der Waals surface area contributed by atoms with Crippen molar-refractivity contribution in [3.8, 4) is 0 Å². The summed E-state index contributed by atoms with van der Waals surface area (Å²) in [5, 5.41) is 22.2. The third kappa shape index (κ3) is 9.77. The molecule has 154 valence electrons. The second-order valence-electron chi connectivity index (χ2n) is 6.82. The van der Waals surface area contributed by atoms with Crippen LogP contribution in [0.5, 0.6) is 0 Å². The Hall–Kier alpha value is -1.60. The van der Waals surface area contributed by atoms with Crippen LogP contribution in [-0.2, 0) is 14.4 Å². The van der Waals surface area contributed by atoms with Crippen molar-refractivity contribution in [2.24, 2.45) is 5.41 Å². The third-order valence-corrected chi connectivity index (χ3v) is 4.11. The molecule has 0 bridgehead atoms. The van der Waals surface area contributed by atoms with Crippen LogP contribution in [0.2, 0.25) is 0 Å². The largest absolute Gasteiger partial charge is 0.396 e. The van der Waals surface area contributed by atoms with Crippen LogP contribution in [0.3, 0.4) is 0 Å². The molecule has 7 nitrogen and oxygen atoms in total. The van der Waals surface area contributed by atoms with Gasteiger partial charge in [0.1, 0.15) is 6.10 Å². The first kappa shape index (κ1) is 25.4. The number of amides is 3. The van der Waals surface area contributed by atoms with E-state index in [9.17, 15) is 24.6 Å². The Morgan fingerprint density at radius 2 is 1.96 bits per heavy atom. The predicted octanol–water partition coefficient (Wildman–Crippen LogP) is 1.06. The van der Waals surface area contributed by atoms with Gasteiger partial charge < -0.3 is 15.5 Å². The van der Waals surface area contributed by atoms with Gasteiger partial charge in [0.05, 0.1) is 13.0 Å². The molecular formula is C19H32N2O5S. The number of nitrogens with one attached hydrogen (secondary N) is 1. The molecule has 0 aliphatic rings. The molecule has 0 aromatic heterocycles. The van der Waals surface area contributed by atoms with E-state index in [2.05, 4.69) is 23.7 Å². The second-order valence-corrected chi connectivity index (χ2v) is 7.27. The van der Waals surface area contributed by atoms with E-state index in [1.165, 1.54) is 19.9 Å². The molecule has 0 fully saturated rings. The van der Waals surface area contributed by atoms with E-state index < -0.39 is 29.9 Å². The summed E-state index contributed by atoms with van der Waals surface area (Å²) in [4.78, 5) is 37.7. The van der Waals surface area contributed by atoms with Gasteiger partial charge in [-0.15, -0.1) is 5.73 Å². The van der Waals surface area contributed by atoms with Crippen LogP contribution in [0.25, 0.3) is 0 Å². The molecule has 0 unspecified atom stereocenters. The zero-order valence-corrected chi connectivity index (χ0v) is 17.3. The van der Waals surface area contributed by atoms with E-state index in [1.807, 2.05) is 6.92 Å². The van der Waals surface area contributed by atoms with Crippen molar-refractivity contribution in [1.29, 1.82) is 0 Å². The van der Waals surface area contributed by atoms with Gasteiger partial charge in [0.2, 0.25) is 11.8 Å². The Morgan fingerprint density at radius 3 is 2.52 bits per heavy atom. The molecule has 0 saturated carbocycles. The van der Waals surface area contributed by atoms with Crippen LogP contribution in [0.1, 0.15) is 46.5 Å².